The van der Waals surface area contributed by atoms with Gasteiger partial charge >= 0.3 is 0 Å². The minimum absolute atomic E-state index is 0.0857. The molecule has 0 aliphatic carbocycles. The molecule has 1 N–H and O–H groups in total. The van der Waals surface area contributed by atoms with E-state index >= 15 is 0 Å². The molecule has 0 bridgehead atoms. The Bertz CT molecular complexity index is 292. The van der Waals surface area contributed by atoms with Gasteiger partial charge in [0, 0.05) is 5.56 Å². The van der Waals surface area contributed by atoms with Gasteiger partial charge in [0.2, 0.25) is 0 Å². The number of ketones is 1. The molecule has 0 aliphatic rings. The molecule has 0 aromatic heterocycles. The van der Waals surface area contributed by atoms with Crippen molar-refractivity contribution in [1.29, 1.82) is 0 Å². The summed E-state index contributed by atoms with van der Waals surface area (Å²) in [6.07, 6.45) is 0. The summed E-state index contributed by atoms with van der Waals surface area (Å²) in [5.41, 5.74) is 0.778. The monoisotopic (exact) mass is 191 g/mol. The second kappa shape index (κ2) is 4.91. The summed E-state index contributed by atoms with van der Waals surface area (Å²) in [5, 5.41) is 3.05. The highest BCUT2D eigenvalue weighted by molar-refractivity contribution is 6.00. The molecule has 14 heavy (non-hydrogen) atoms. The zero-order chi connectivity index (χ0) is 10.6. The number of benzene rings is 1. The van der Waals surface area contributed by atoms with Crippen LogP contribution in [0.25, 0.3) is 0 Å². The summed E-state index contributed by atoms with van der Waals surface area (Å²) in [7, 11) is 1.82. The fourth-order valence-electron chi connectivity index (χ4n) is 1.55. The van der Waals surface area contributed by atoms with E-state index in [1.807, 2.05) is 51.2 Å². The van der Waals surface area contributed by atoms with Crippen LogP contribution in [0, 0.1) is 5.92 Å². The van der Waals surface area contributed by atoms with Crippen LogP contribution in [0.5, 0.6) is 0 Å². The minimum Gasteiger partial charge on any atom is -0.310 e. The van der Waals surface area contributed by atoms with Gasteiger partial charge in [0.25, 0.3) is 0 Å². The van der Waals surface area contributed by atoms with Gasteiger partial charge in [-0.15, -0.1) is 0 Å². The van der Waals surface area contributed by atoms with E-state index in [1.54, 1.807) is 0 Å². The van der Waals surface area contributed by atoms with E-state index in [0.29, 0.717) is 5.92 Å². The molecule has 76 valence electrons. The molecule has 1 aromatic rings. The summed E-state index contributed by atoms with van der Waals surface area (Å²) in [4.78, 5) is 12.0. The Morgan fingerprint density at radius 2 is 1.79 bits per heavy atom. The van der Waals surface area contributed by atoms with E-state index in [2.05, 4.69) is 5.32 Å². The van der Waals surface area contributed by atoms with Crippen LogP contribution < -0.4 is 5.32 Å². The van der Waals surface area contributed by atoms with Gasteiger partial charge in [-0.1, -0.05) is 44.2 Å². The van der Waals surface area contributed by atoms with Crippen LogP contribution in [0.4, 0.5) is 0 Å². The molecular formula is C12H17NO. The highest BCUT2D eigenvalue weighted by Gasteiger charge is 2.20. The van der Waals surface area contributed by atoms with Crippen LogP contribution in [0.3, 0.4) is 0 Å². The van der Waals surface area contributed by atoms with Crippen LogP contribution in [-0.2, 0) is 0 Å². The molecule has 0 radical (unpaired) electrons. The number of hydrogen-bond donors (Lipinski definition) is 1. The van der Waals surface area contributed by atoms with Gasteiger partial charge in [-0.3, -0.25) is 4.79 Å². The predicted octanol–water partition coefficient (Wildman–Crippen LogP) is 2.11. The number of Topliss-reactive ketones (excluding diaryl/α,β-unsaturated/α-hetero) is 1. The average molecular weight is 191 g/mol. The summed E-state index contributed by atoms with van der Waals surface area (Å²) < 4.78 is 0. The average Bonchev–Trinajstić information content (AvgIpc) is 2.19. The first-order valence-corrected chi connectivity index (χ1v) is 4.93. The van der Waals surface area contributed by atoms with Crippen molar-refractivity contribution in [3.05, 3.63) is 35.9 Å². The summed E-state index contributed by atoms with van der Waals surface area (Å²) in [6, 6.07) is 9.32. The SMILES string of the molecule is CNC(C(=O)c1ccccc1)C(C)C. The van der Waals surface area contributed by atoms with Crippen LogP contribution in [0.2, 0.25) is 0 Å². The number of carbonyl (C=O) groups is 1. The van der Waals surface area contributed by atoms with Crippen molar-refractivity contribution in [3.63, 3.8) is 0 Å². The number of likely N-dealkylation sites (N-methyl/N-ethyl adjacent to an activating group) is 1. The van der Waals surface area contributed by atoms with Crippen LogP contribution in [-0.4, -0.2) is 18.9 Å². The normalized spacial score (nSPS) is 12.9. The standard InChI is InChI=1S/C12H17NO/c1-9(2)11(13-3)12(14)10-7-5-4-6-8-10/h4-9,11,13H,1-3H3. The van der Waals surface area contributed by atoms with E-state index < -0.39 is 0 Å². The molecule has 1 rings (SSSR count). The van der Waals surface area contributed by atoms with Gasteiger partial charge in [0.05, 0.1) is 6.04 Å². The Labute approximate surface area is 85.3 Å². The molecule has 0 amide bonds. The van der Waals surface area contributed by atoms with Crippen LogP contribution in [0.1, 0.15) is 24.2 Å². The second-order valence-electron chi connectivity index (χ2n) is 3.74. The Balaban J connectivity index is 2.84. The highest BCUT2D eigenvalue weighted by Crippen LogP contribution is 2.09. The summed E-state index contributed by atoms with van der Waals surface area (Å²) >= 11 is 0. The largest absolute Gasteiger partial charge is 0.310 e. The molecule has 2 nitrogen and oxygen atoms in total. The molecule has 2 heteroatoms. The Morgan fingerprint density at radius 1 is 1.21 bits per heavy atom. The van der Waals surface area contributed by atoms with Crippen molar-refractivity contribution in [2.75, 3.05) is 7.05 Å². The number of rotatable bonds is 4. The number of hydrogen-bond acceptors (Lipinski definition) is 2. The lowest BCUT2D eigenvalue weighted by atomic mass is 9.95. The van der Waals surface area contributed by atoms with E-state index in [1.165, 1.54) is 0 Å². The molecule has 0 saturated heterocycles. The Hall–Kier alpha value is -1.15. The molecule has 0 aliphatic heterocycles. The van der Waals surface area contributed by atoms with Crippen molar-refractivity contribution in [3.8, 4) is 0 Å². The van der Waals surface area contributed by atoms with Crippen molar-refractivity contribution < 1.29 is 4.79 Å². The molecule has 0 fully saturated rings. The number of carbonyl (C=O) groups excluding carboxylic acids is 1. The second-order valence-corrected chi connectivity index (χ2v) is 3.74. The van der Waals surface area contributed by atoms with Crippen LogP contribution >= 0.6 is 0 Å². The molecule has 0 spiro atoms. The lowest BCUT2D eigenvalue weighted by molar-refractivity contribution is 0.0922. The van der Waals surface area contributed by atoms with Crippen molar-refractivity contribution >= 4 is 5.78 Å². The fourth-order valence-corrected chi connectivity index (χ4v) is 1.55. The topological polar surface area (TPSA) is 29.1 Å². The zero-order valence-electron chi connectivity index (χ0n) is 8.95. The van der Waals surface area contributed by atoms with Crippen molar-refractivity contribution in [1.82, 2.24) is 5.32 Å². The lowest BCUT2D eigenvalue weighted by Crippen LogP contribution is -2.38. The van der Waals surface area contributed by atoms with Gasteiger partial charge < -0.3 is 5.32 Å². The third-order valence-corrected chi connectivity index (χ3v) is 2.32. The van der Waals surface area contributed by atoms with E-state index in [9.17, 15) is 4.79 Å². The molecule has 1 unspecified atom stereocenters. The first-order chi connectivity index (χ1) is 6.66. The van der Waals surface area contributed by atoms with Gasteiger partial charge in [-0.05, 0) is 13.0 Å². The maximum absolute atomic E-state index is 12.0. The third kappa shape index (κ3) is 2.42. The Morgan fingerprint density at radius 3 is 2.21 bits per heavy atom. The number of nitrogens with one attached hydrogen (secondary N) is 1. The first-order valence-electron chi connectivity index (χ1n) is 4.93. The summed E-state index contributed by atoms with van der Waals surface area (Å²) in [5.74, 6) is 0.482. The molecule has 0 heterocycles. The molecule has 1 aromatic carbocycles. The fraction of sp³-hybridized carbons (Fsp3) is 0.417. The maximum Gasteiger partial charge on any atom is 0.179 e. The molecule has 1 atom stereocenters. The first kappa shape index (κ1) is 10.9. The maximum atomic E-state index is 12.0. The smallest absolute Gasteiger partial charge is 0.179 e. The third-order valence-electron chi connectivity index (χ3n) is 2.32. The zero-order valence-corrected chi connectivity index (χ0v) is 8.95. The Kier molecular flexibility index (Phi) is 3.84. The molecule has 0 saturated carbocycles. The van der Waals surface area contributed by atoms with Gasteiger partial charge in [-0.25, -0.2) is 0 Å². The molecular weight excluding hydrogens is 174 g/mol. The van der Waals surface area contributed by atoms with E-state index in [4.69, 9.17) is 0 Å². The van der Waals surface area contributed by atoms with Gasteiger partial charge in [-0.2, -0.15) is 0 Å². The van der Waals surface area contributed by atoms with E-state index in [-0.39, 0.29) is 11.8 Å². The van der Waals surface area contributed by atoms with Gasteiger partial charge in [0.15, 0.2) is 5.78 Å². The van der Waals surface area contributed by atoms with Crippen molar-refractivity contribution in [2.45, 2.75) is 19.9 Å². The highest BCUT2D eigenvalue weighted by atomic mass is 16.1. The van der Waals surface area contributed by atoms with Gasteiger partial charge in [0.1, 0.15) is 0 Å². The minimum atomic E-state index is -0.0857. The van der Waals surface area contributed by atoms with Crippen molar-refractivity contribution in [2.24, 2.45) is 5.92 Å². The lowest BCUT2D eigenvalue weighted by Gasteiger charge is -2.18. The van der Waals surface area contributed by atoms with E-state index in [0.717, 1.165) is 5.56 Å². The van der Waals surface area contributed by atoms with Crippen LogP contribution in [0.15, 0.2) is 30.3 Å². The predicted molar refractivity (Wildman–Crippen MR) is 58.5 cm³/mol. The quantitative estimate of drug-likeness (QED) is 0.738. The summed E-state index contributed by atoms with van der Waals surface area (Å²) in [6.45, 7) is 4.09.